The van der Waals surface area contributed by atoms with Crippen LogP contribution in [0.2, 0.25) is 0 Å². The fourth-order valence-electron chi connectivity index (χ4n) is 4.55. The Bertz CT molecular complexity index is 808. The van der Waals surface area contributed by atoms with E-state index < -0.39 is 16.3 Å². The number of hydrogen-bond donors (Lipinski definition) is 1. The van der Waals surface area contributed by atoms with E-state index in [2.05, 4.69) is 18.3 Å². The van der Waals surface area contributed by atoms with Gasteiger partial charge in [0.25, 0.3) is 0 Å². The minimum Gasteiger partial charge on any atom is -0.726 e. The van der Waals surface area contributed by atoms with Gasteiger partial charge < -0.3 is 23.6 Å². The molecule has 6 atom stereocenters. The molecule has 3 heterocycles. The van der Waals surface area contributed by atoms with Crippen LogP contribution in [-0.4, -0.2) is 86.7 Å². The van der Waals surface area contributed by atoms with E-state index in [1.54, 1.807) is 0 Å². The van der Waals surface area contributed by atoms with Crippen molar-refractivity contribution in [3.63, 3.8) is 0 Å². The van der Waals surface area contributed by atoms with Crippen molar-refractivity contribution in [2.24, 2.45) is 0 Å². The van der Waals surface area contributed by atoms with E-state index in [1.807, 2.05) is 30.3 Å². The molecule has 29 heavy (non-hydrogen) atoms. The standard InChI is InChI=1S/C18H24NO4.CH4O4S/c1-19(2)14-8-12(9-15(19)17-16(14)23-17)22-18(21)13(10-20)11-6-4-3-5-7-11;1-5-6(2,3)4/h3-7,12-17,20H,8-10H2,1-2H3;1H3,(H,2,3,4)/q+1;/p-1/t12?,13-,14-,15+,16+,17+;/m0./s1. The molecule has 10 heteroatoms. The Hall–Kier alpha value is -1.56. The van der Waals surface area contributed by atoms with Crippen LogP contribution in [0.3, 0.4) is 0 Å². The zero-order chi connectivity index (χ0) is 21.4. The van der Waals surface area contributed by atoms with Crippen molar-refractivity contribution in [3.8, 4) is 0 Å². The molecule has 4 rings (SSSR count). The van der Waals surface area contributed by atoms with E-state index in [9.17, 15) is 22.9 Å². The first-order valence-electron chi connectivity index (χ1n) is 9.45. The first-order chi connectivity index (χ1) is 13.6. The molecule has 3 aliphatic heterocycles. The molecule has 0 saturated carbocycles. The van der Waals surface area contributed by atoms with Crippen molar-refractivity contribution in [1.82, 2.24) is 0 Å². The number of rotatable bonds is 5. The van der Waals surface area contributed by atoms with Gasteiger partial charge in [0.1, 0.15) is 36.3 Å². The van der Waals surface area contributed by atoms with Gasteiger partial charge in [0, 0.05) is 12.8 Å². The van der Waals surface area contributed by atoms with Gasteiger partial charge in [0.2, 0.25) is 10.4 Å². The molecule has 0 spiro atoms. The number of hydrogen-bond acceptors (Lipinski definition) is 8. The van der Waals surface area contributed by atoms with Crippen molar-refractivity contribution in [1.29, 1.82) is 0 Å². The fraction of sp³-hybridized carbons (Fsp3) is 0.632. The average Bonchev–Trinajstić information content (AvgIpc) is 3.41. The maximum atomic E-state index is 12.5. The molecule has 3 aliphatic rings. The Morgan fingerprint density at radius 3 is 2.21 bits per heavy atom. The van der Waals surface area contributed by atoms with Crippen molar-refractivity contribution < 1.29 is 41.0 Å². The molecule has 162 valence electrons. The molecule has 3 saturated heterocycles. The third-order valence-corrected chi connectivity index (χ3v) is 6.60. The first kappa shape index (κ1) is 22.1. The van der Waals surface area contributed by atoms with E-state index in [4.69, 9.17) is 9.47 Å². The zero-order valence-electron chi connectivity index (χ0n) is 16.6. The number of aliphatic hydroxyl groups is 1. The van der Waals surface area contributed by atoms with Gasteiger partial charge in [0.15, 0.2) is 0 Å². The highest BCUT2D eigenvalue weighted by molar-refractivity contribution is 7.80. The maximum Gasteiger partial charge on any atom is 0.316 e. The zero-order valence-corrected chi connectivity index (χ0v) is 17.4. The molecule has 2 bridgehead atoms. The number of quaternary nitrogens is 1. The lowest BCUT2D eigenvalue weighted by atomic mass is 9.95. The van der Waals surface area contributed by atoms with E-state index in [0.717, 1.165) is 30.0 Å². The smallest absolute Gasteiger partial charge is 0.316 e. The third kappa shape index (κ3) is 4.79. The number of benzene rings is 1. The molecule has 3 fully saturated rings. The lowest BCUT2D eigenvalue weighted by Crippen LogP contribution is -2.60. The van der Waals surface area contributed by atoms with Crippen LogP contribution in [0.15, 0.2) is 30.3 Å². The summed E-state index contributed by atoms with van der Waals surface area (Å²) >= 11 is 0. The topological polar surface area (TPSA) is 125 Å². The van der Waals surface area contributed by atoms with Gasteiger partial charge in [-0.3, -0.25) is 8.98 Å². The predicted octanol–water partition coefficient (Wildman–Crippen LogP) is 0.156. The average molecular weight is 429 g/mol. The second-order valence-electron chi connectivity index (χ2n) is 8.08. The molecule has 0 amide bonds. The molecule has 1 unspecified atom stereocenters. The normalized spacial score (nSPS) is 32.4. The summed E-state index contributed by atoms with van der Waals surface area (Å²) in [5, 5.41) is 9.60. The largest absolute Gasteiger partial charge is 0.726 e. The van der Waals surface area contributed by atoms with Gasteiger partial charge in [-0.15, -0.1) is 0 Å². The van der Waals surface area contributed by atoms with Crippen LogP contribution < -0.4 is 0 Å². The van der Waals surface area contributed by atoms with Gasteiger partial charge in [-0.25, -0.2) is 8.42 Å². The summed E-state index contributed by atoms with van der Waals surface area (Å²) < 4.78 is 43.5. The molecular formula is C19H27NO8S. The van der Waals surface area contributed by atoms with E-state index >= 15 is 0 Å². The van der Waals surface area contributed by atoms with Crippen LogP contribution in [0.1, 0.15) is 24.3 Å². The van der Waals surface area contributed by atoms with Gasteiger partial charge in [-0.1, -0.05) is 30.3 Å². The summed E-state index contributed by atoms with van der Waals surface area (Å²) in [5.74, 6) is -0.908. The van der Waals surface area contributed by atoms with Crippen LogP contribution in [0, 0.1) is 0 Å². The molecule has 1 aromatic rings. The number of morpholine rings is 1. The second-order valence-corrected chi connectivity index (χ2v) is 9.23. The highest BCUT2D eigenvalue weighted by Gasteiger charge is 2.70. The Kier molecular flexibility index (Phi) is 6.32. The number of likely N-dealkylation sites (N-methyl/N-ethyl adjacent to an activating group) is 1. The molecule has 1 aromatic carbocycles. The monoisotopic (exact) mass is 429 g/mol. The molecule has 9 nitrogen and oxygen atoms in total. The van der Waals surface area contributed by atoms with Crippen molar-refractivity contribution in [2.75, 3.05) is 27.8 Å². The van der Waals surface area contributed by atoms with Gasteiger partial charge >= 0.3 is 5.97 Å². The lowest BCUT2D eigenvalue weighted by molar-refractivity contribution is -0.938. The lowest BCUT2D eigenvalue weighted by Gasteiger charge is -2.45. The second kappa shape index (κ2) is 8.29. The number of carbonyl (C=O) groups excluding carboxylic acids is 1. The van der Waals surface area contributed by atoms with Gasteiger partial charge in [-0.05, 0) is 5.56 Å². The molecule has 0 aliphatic carbocycles. The summed E-state index contributed by atoms with van der Waals surface area (Å²) in [4.78, 5) is 12.5. The van der Waals surface area contributed by atoms with Crippen LogP contribution in [0.25, 0.3) is 0 Å². The summed E-state index contributed by atoms with van der Waals surface area (Å²) in [7, 11) is 0.903. The van der Waals surface area contributed by atoms with Crippen LogP contribution in [0.5, 0.6) is 0 Å². The number of aliphatic hydroxyl groups excluding tert-OH is 1. The number of esters is 1. The summed E-state index contributed by atoms with van der Waals surface area (Å²) in [6, 6.07) is 10.2. The quantitative estimate of drug-likeness (QED) is 0.231. The van der Waals surface area contributed by atoms with E-state index in [1.165, 1.54) is 0 Å². The van der Waals surface area contributed by atoms with E-state index in [-0.39, 0.29) is 18.7 Å². The highest BCUT2D eigenvalue weighted by Crippen LogP contribution is 2.51. The van der Waals surface area contributed by atoms with Crippen molar-refractivity contribution >= 4 is 16.4 Å². The third-order valence-electron chi connectivity index (χ3n) is 6.19. The van der Waals surface area contributed by atoms with Crippen molar-refractivity contribution in [2.45, 2.75) is 49.2 Å². The number of fused-ring (bicyclic) bond motifs is 5. The van der Waals surface area contributed by atoms with Crippen LogP contribution >= 0.6 is 0 Å². The summed E-state index contributed by atoms with van der Waals surface area (Å²) in [6.45, 7) is -0.224. The number of nitrogens with zero attached hydrogens (tertiary/aromatic N) is 1. The SMILES string of the molecule is COS(=O)(=O)[O-].C[N+]1(C)[C@@H]2CC(OC(=O)[C@@H](CO)c3ccccc3)C[C@H]1[C@H]1O[C@@H]12. The minimum absolute atomic E-state index is 0.0576. The fourth-order valence-corrected chi connectivity index (χ4v) is 4.55. The van der Waals surface area contributed by atoms with Gasteiger partial charge in [-0.2, -0.15) is 0 Å². The highest BCUT2D eigenvalue weighted by atomic mass is 32.3. The van der Waals surface area contributed by atoms with E-state index in [0.29, 0.717) is 24.3 Å². The summed E-state index contributed by atoms with van der Waals surface area (Å²) in [6.07, 6.45) is 2.34. The number of epoxide rings is 1. The van der Waals surface area contributed by atoms with Crippen LogP contribution in [0.4, 0.5) is 0 Å². The number of ether oxygens (including phenoxy) is 2. The molecular weight excluding hydrogens is 402 g/mol. The predicted molar refractivity (Wildman–Crippen MR) is 100 cm³/mol. The minimum atomic E-state index is -4.41. The molecule has 0 radical (unpaired) electrons. The Balaban J connectivity index is 0.000000353. The molecule has 0 aromatic heterocycles. The number of carbonyl (C=O) groups is 1. The Morgan fingerprint density at radius 2 is 1.76 bits per heavy atom. The summed E-state index contributed by atoms with van der Waals surface area (Å²) in [5.41, 5.74) is 0.807. The number of piperidine rings is 1. The maximum absolute atomic E-state index is 12.5. The van der Waals surface area contributed by atoms with Crippen molar-refractivity contribution in [3.05, 3.63) is 35.9 Å². The first-order valence-corrected chi connectivity index (χ1v) is 10.8. The Morgan fingerprint density at radius 1 is 1.24 bits per heavy atom. The van der Waals surface area contributed by atoms with Crippen LogP contribution in [-0.2, 0) is 28.9 Å². The van der Waals surface area contributed by atoms with Gasteiger partial charge in [0.05, 0.1) is 27.8 Å². The Labute approximate surface area is 170 Å². The molecule has 1 N–H and O–H groups in total.